The molecule has 0 bridgehead atoms. The summed E-state index contributed by atoms with van der Waals surface area (Å²) in [5.74, 6) is -0.927. The summed E-state index contributed by atoms with van der Waals surface area (Å²) in [5, 5.41) is 11.9. The summed E-state index contributed by atoms with van der Waals surface area (Å²) in [4.78, 5) is 27.2. The third-order valence-corrected chi connectivity index (χ3v) is 4.35. The highest BCUT2D eigenvalue weighted by Gasteiger charge is 2.21. The monoisotopic (exact) mass is 339 g/mol. The van der Waals surface area contributed by atoms with E-state index in [4.69, 9.17) is 5.11 Å². The Morgan fingerprint density at radius 2 is 1.52 bits per heavy atom. The Kier molecular flexibility index (Phi) is 4.88. The molecule has 0 saturated carbocycles. The molecule has 0 spiro atoms. The molecule has 2 N–H and O–H groups in total. The van der Waals surface area contributed by atoms with Gasteiger partial charge in [-0.05, 0) is 43.3 Å². The lowest BCUT2D eigenvalue weighted by Crippen LogP contribution is -2.50. The number of hydrogen-bond donors (Lipinski definition) is 2. The Labute approximate surface area is 146 Å². The average Bonchev–Trinajstić information content (AvgIpc) is 2.64. The molecule has 0 aromatic heterocycles. The third-order valence-electron chi connectivity index (χ3n) is 4.35. The summed E-state index contributed by atoms with van der Waals surface area (Å²) in [6.45, 7) is 4.69. The highest BCUT2D eigenvalue weighted by molar-refractivity contribution is 5.89. The van der Waals surface area contributed by atoms with Crippen molar-refractivity contribution in [2.24, 2.45) is 0 Å². The minimum Gasteiger partial charge on any atom is -0.478 e. The largest absolute Gasteiger partial charge is 0.478 e. The fourth-order valence-electron chi connectivity index (χ4n) is 2.82. The number of hydrogen-bond acceptors (Lipinski definition) is 3. The van der Waals surface area contributed by atoms with E-state index in [0.29, 0.717) is 26.2 Å². The fourth-order valence-corrected chi connectivity index (χ4v) is 2.82. The number of nitrogens with zero attached hydrogens (tertiary/aromatic N) is 2. The molecule has 0 unspecified atom stereocenters. The number of carbonyl (C=O) groups is 2. The van der Waals surface area contributed by atoms with Gasteiger partial charge in [0.15, 0.2) is 0 Å². The molecule has 1 fully saturated rings. The van der Waals surface area contributed by atoms with E-state index in [1.165, 1.54) is 0 Å². The quantitative estimate of drug-likeness (QED) is 0.901. The van der Waals surface area contributed by atoms with Gasteiger partial charge in [0.1, 0.15) is 0 Å². The highest BCUT2D eigenvalue weighted by Crippen LogP contribution is 2.18. The SMILES string of the molecule is Cc1ccc(NC(=O)N2CCN(c3ccc(C(=O)O)cc3)CC2)cc1. The van der Waals surface area contributed by atoms with Gasteiger partial charge in [0, 0.05) is 37.6 Å². The van der Waals surface area contributed by atoms with Gasteiger partial charge in [-0.2, -0.15) is 0 Å². The van der Waals surface area contributed by atoms with Crippen LogP contribution in [0, 0.1) is 6.92 Å². The van der Waals surface area contributed by atoms with Crippen molar-refractivity contribution in [1.82, 2.24) is 4.90 Å². The molecule has 2 aromatic rings. The van der Waals surface area contributed by atoms with Crippen molar-refractivity contribution in [2.75, 3.05) is 36.4 Å². The van der Waals surface area contributed by atoms with Crippen molar-refractivity contribution in [3.05, 3.63) is 59.7 Å². The molecular weight excluding hydrogens is 318 g/mol. The second-order valence-electron chi connectivity index (χ2n) is 6.12. The van der Waals surface area contributed by atoms with Crippen LogP contribution in [0.1, 0.15) is 15.9 Å². The van der Waals surface area contributed by atoms with E-state index in [1.807, 2.05) is 43.3 Å². The zero-order valence-electron chi connectivity index (χ0n) is 14.1. The standard InChI is InChI=1S/C19H21N3O3/c1-14-2-6-16(7-3-14)20-19(25)22-12-10-21(11-13-22)17-8-4-15(5-9-17)18(23)24/h2-9H,10-13H2,1H3,(H,20,25)(H,23,24). The highest BCUT2D eigenvalue weighted by atomic mass is 16.4. The smallest absolute Gasteiger partial charge is 0.335 e. The Morgan fingerprint density at radius 3 is 2.08 bits per heavy atom. The molecule has 1 heterocycles. The first-order chi connectivity index (χ1) is 12.0. The number of carboxylic acids is 1. The van der Waals surface area contributed by atoms with E-state index < -0.39 is 5.97 Å². The number of aryl methyl sites for hydroxylation is 1. The number of amides is 2. The van der Waals surface area contributed by atoms with Gasteiger partial charge in [0.25, 0.3) is 0 Å². The molecule has 6 nitrogen and oxygen atoms in total. The minimum absolute atomic E-state index is 0.0928. The number of anilines is 2. The maximum atomic E-state index is 12.3. The Morgan fingerprint density at radius 1 is 0.920 bits per heavy atom. The van der Waals surface area contributed by atoms with E-state index in [1.54, 1.807) is 17.0 Å². The molecular formula is C19H21N3O3. The zero-order valence-corrected chi connectivity index (χ0v) is 14.1. The van der Waals surface area contributed by atoms with E-state index in [2.05, 4.69) is 10.2 Å². The first-order valence-corrected chi connectivity index (χ1v) is 8.24. The van der Waals surface area contributed by atoms with Crippen LogP contribution in [0.15, 0.2) is 48.5 Å². The molecule has 1 aliphatic heterocycles. The Bertz CT molecular complexity index is 748. The lowest BCUT2D eigenvalue weighted by Gasteiger charge is -2.36. The number of carboxylic acid groups (broad SMARTS) is 1. The van der Waals surface area contributed by atoms with Crippen molar-refractivity contribution in [2.45, 2.75) is 6.92 Å². The second kappa shape index (κ2) is 7.25. The number of carbonyl (C=O) groups excluding carboxylic acids is 1. The van der Waals surface area contributed by atoms with Crippen LogP contribution in [0.4, 0.5) is 16.2 Å². The van der Waals surface area contributed by atoms with Crippen LogP contribution in [0.2, 0.25) is 0 Å². The molecule has 2 aromatic carbocycles. The maximum Gasteiger partial charge on any atom is 0.335 e. The number of piperazine rings is 1. The van der Waals surface area contributed by atoms with E-state index >= 15 is 0 Å². The van der Waals surface area contributed by atoms with Crippen LogP contribution in [-0.4, -0.2) is 48.2 Å². The van der Waals surface area contributed by atoms with Crippen molar-refractivity contribution in [1.29, 1.82) is 0 Å². The molecule has 0 aliphatic carbocycles. The average molecular weight is 339 g/mol. The maximum absolute atomic E-state index is 12.3. The Balaban J connectivity index is 1.55. The molecule has 0 radical (unpaired) electrons. The van der Waals surface area contributed by atoms with Gasteiger partial charge < -0.3 is 20.2 Å². The second-order valence-corrected chi connectivity index (χ2v) is 6.12. The summed E-state index contributed by atoms with van der Waals surface area (Å²) < 4.78 is 0. The summed E-state index contributed by atoms with van der Waals surface area (Å²) in [6.07, 6.45) is 0. The number of rotatable bonds is 3. The minimum atomic E-state index is -0.927. The summed E-state index contributed by atoms with van der Waals surface area (Å²) >= 11 is 0. The predicted molar refractivity (Wildman–Crippen MR) is 97.4 cm³/mol. The molecule has 2 amide bonds. The van der Waals surface area contributed by atoms with Crippen molar-refractivity contribution in [3.63, 3.8) is 0 Å². The van der Waals surface area contributed by atoms with Gasteiger partial charge >= 0.3 is 12.0 Å². The number of aromatic carboxylic acids is 1. The lowest BCUT2D eigenvalue weighted by atomic mass is 10.2. The molecule has 1 saturated heterocycles. The van der Waals surface area contributed by atoms with Crippen LogP contribution in [0.25, 0.3) is 0 Å². The van der Waals surface area contributed by atoms with E-state index in [9.17, 15) is 9.59 Å². The molecule has 25 heavy (non-hydrogen) atoms. The molecule has 1 aliphatic rings. The van der Waals surface area contributed by atoms with Gasteiger partial charge in [-0.3, -0.25) is 0 Å². The summed E-state index contributed by atoms with van der Waals surface area (Å²) in [7, 11) is 0. The number of urea groups is 1. The first-order valence-electron chi connectivity index (χ1n) is 8.24. The van der Waals surface area contributed by atoms with Gasteiger partial charge in [-0.1, -0.05) is 17.7 Å². The normalized spacial score (nSPS) is 14.3. The molecule has 6 heteroatoms. The molecule has 0 atom stereocenters. The first kappa shape index (κ1) is 16.8. The number of nitrogens with one attached hydrogen (secondary N) is 1. The molecule has 130 valence electrons. The number of benzene rings is 2. The third kappa shape index (κ3) is 4.09. The summed E-state index contributed by atoms with van der Waals surface area (Å²) in [5.41, 5.74) is 3.20. The van der Waals surface area contributed by atoms with Crippen molar-refractivity contribution >= 4 is 23.4 Å². The van der Waals surface area contributed by atoms with Crippen LogP contribution >= 0.6 is 0 Å². The van der Waals surface area contributed by atoms with Gasteiger partial charge in [0.05, 0.1) is 5.56 Å². The van der Waals surface area contributed by atoms with Crippen LogP contribution in [-0.2, 0) is 0 Å². The van der Waals surface area contributed by atoms with Crippen molar-refractivity contribution < 1.29 is 14.7 Å². The summed E-state index contributed by atoms with van der Waals surface area (Å²) in [6, 6.07) is 14.5. The zero-order chi connectivity index (χ0) is 17.8. The lowest BCUT2D eigenvalue weighted by molar-refractivity contribution is 0.0697. The topological polar surface area (TPSA) is 72.9 Å². The van der Waals surface area contributed by atoms with Crippen molar-refractivity contribution in [3.8, 4) is 0 Å². The van der Waals surface area contributed by atoms with Crippen LogP contribution in [0.5, 0.6) is 0 Å². The van der Waals surface area contributed by atoms with E-state index in [0.717, 1.165) is 16.9 Å². The van der Waals surface area contributed by atoms with Crippen LogP contribution < -0.4 is 10.2 Å². The van der Waals surface area contributed by atoms with E-state index in [-0.39, 0.29) is 11.6 Å². The van der Waals surface area contributed by atoms with Gasteiger partial charge in [-0.25, -0.2) is 9.59 Å². The van der Waals surface area contributed by atoms with Crippen LogP contribution in [0.3, 0.4) is 0 Å². The molecule has 3 rings (SSSR count). The Hall–Kier alpha value is -3.02. The van der Waals surface area contributed by atoms with Gasteiger partial charge in [0.2, 0.25) is 0 Å². The fraction of sp³-hybridized carbons (Fsp3) is 0.263. The predicted octanol–water partition coefficient (Wildman–Crippen LogP) is 3.05. The van der Waals surface area contributed by atoms with Gasteiger partial charge in [-0.15, -0.1) is 0 Å².